The highest BCUT2D eigenvalue weighted by Crippen LogP contribution is 2.28. The van der Waals surface area contributed by atoms with Gasteiger partial charge in [-0.1, -0.05) is 23.5 Å². The molecule has 0 aliphatic carbocycles. The quantitative estimate of drug-likeness (QED) is 0.520. The molecule has 4 rings (SSSR count). The molecule has 1 fully saturated rings. The molecule has 1 amide bonds. The minimum atomic E-state index is -3.62. The second kappa shape index (κ2) is 10.1. The van der Waals surface area contributed by atoms with Gasteiger partial charge < -0.3 is 5.32 Å². The zero-order chi connectivity index (χ0) is 24.5. The molecule has 1 saturated heterocycles. The van der Waals surface area contributed by atoms with Gasteiger partial charge in [0.15, 0.2) is 5.13 Å². The number of fused-ring (bicyclic) bond motifs is 1. The molecule has 34 heavy (non-hydrogen) atoms. The number of thiazole rings is 1. The molecule has 1 aromatic heterocycles. The summed E-state index contributed by atoms with van der Waals surface area (Å²) in [5, 5.41) is 3.24. The summed E-state index contributed by atoms with van der Waals surface area (Å²) in [6, 6.07) is 11.0. The van der Waals surface area contributed by atoms with E-state index in [2.05, 4.69) is 10.3 Å². The van der Waals surface area contributed by atoms with Crippen molar-refractivity contribution in [2.45, 2.75) is 50.6 Å². The summed E-state index contributed by atoms with van der Waals surface area (Å²) in [7, 11) is -3.62. The van der Waals surface area contributed by atoms with Crippen LogP contribution in [0.4, 0.5) is 9.52 Å². The van der Waals surface area contributed by atoms with E-state index in [4.69, 9.17) is 0 Å². The third-order valence-electron chi connectivity index (χ3n) is 5.95. The maximum Gasteiger partial charge on any atom is 0.243 e. The number of likely N-dealkylation sites (tertiary alicyclic amines) is 1. The van der Waals surface area contributed by atoms with Crippen LogP contribution in [-0.2, 0) is 14.8 Å². The van der Waals surface area contributed by atoms with E-state index < -0.39 is 10.0 Å². The molecule has 0 bridgehead atoms. The molecule has 0 spiro atoms. The molecule has 2 aromatic carbocycles. The molecule has 0 atom stereocenters. The number of rotatable bonds is 7. The number of carbonyl (C=O) groups is 1. The van der Waals surface area contributed by atoms with Crippen LogP contribution in [0.25, 0.3) is 10.2 Å². The van der Waals surface area contributed by atoms with E-state index in [1.54, 1.807) is 28.6 Å². The molecular weight excluding hydrogens is 475 g/mol. The van der Waals surface area contributed by atoms with Crippen molar-refractivity contribution in [3.63, 3.8) is 0 Å². The lowest BCUT2D eigenvalue weighted by atomic mass is 10.0. The van der Waals surface area contributed by atoms with Gasteiger partial charge in [0.25, 0.3) is 0 Å². The monoisotopic (exact) mass is 504 g/mol. The Morgan fingerprint density at radius 2 is 1.97 bits per heavy atom. The lowest BCUT2D eigenvalue weighted by Crippen LogP contribution is -2.51. The van der Waals surface area contributed by atoms with Crippen molar-refractivity contribution >= 4 is 42.6 Å². The second-order valence-electron chi connectivity index (χ2n) is 8.93. The summed E-state index contributed by atoms with van der Waals surface area (Å²) in [6.07, 6.45) is 1.30. The topological polar surface area (TPSA) is 82.6 Å². The lowest BCUT2D eigenvalue weighted by Gasteiger charge is -2.39. The number of amides is 1. The Morgan fingerprint density at radius 1 is 1.24 bits per heavy atom. The molecule has 182 valence electrons. The molecule has 10 heteroatoms. The molecule has 0 saturated carbocycles. The molecule has 1 aliphatic rings. The second-order valence-corrected chi connectivity index (χ2v) is 11.8. The summed E-state index contributed by atoms with van der Waals surface area (Å²) >= 11 is 1.24. The van der Waals surface area contributed by atoms with Crippen molar-refractivity contribution in [2.24, 2.45) is 0 Å². The number of halogens is 1. The van der Waals surface area contributed by atoms with Gasteiger partial charge in [0.2, 0.25) is 15.9 Å². The van der Waals surface area contributed by atoms with E-state index in [1.807, 2.05) is 31.7 Å². The summed E-state index contributed by atoms with van der Waals surface area (Å²) in [5.41, 5.74) is 1.55. The molecule has 0 unspecified atom stereocenters. The molecule has 3 aromatic rings. The Kier molecular flexibility index (Phi) is 7.32. The molecule has 1 aliphatic heterocycles. The van der Waals surface area contributed by atoms with Crippen LogP contribution in [0.2, 0.25) is 0 Å². The predicted molar refractivity (Wildman–Crippen MR) is 133 cm³/mol. The van der Waals surface area contributed by atoms with Crippen molar-refractivity contribution in [1.29, 1.82) is 0 Å². The molecular formula is C24H29FN4O3S2. The maximum absolute atomic E-state index is 13.4. The van der Waals surface area contributed by atoms with Crippen molar-refractivity contribution in [1.82, 2.24) is 14.2 Å². The fraction of sp³-hybridized carbons (Fsp3) is 0.417. The van der Waals surface area contributed by atoms with Gasteiger partial charge in [0.05, 0.1) is 21.7 Å². The van der Waals surface area contributed by atoms with E-state index in [0.29, 0.717) is 46.2 Å². The lowest BCUT2D eigenvalue weighted by molar-refractivity contribution is -0.117. The van der Waals surface area contributed by atoms with Gasteiger partial charge in [-0.3, -0.25) is 9.69 Å². The van der Waals surface area contributed by atoms with Gasteiger partial charge in [-0.15, -0.1) is 0 Å². The van der Waals surface area contributed by atoms with Crippen LogP contribution in [0.15, 0.2) is 47.4 Å². The Labute approximate surface area is 203 Å². The van der Waals surface area contributed by atoms with E-state index in [1.165, 1.54) is 23.5 Å². The number of nitrogens with one attached hydrogen (secondary N) is 1. The normalized spacial score (nSPS) is 15.9. The van der Waals surface area contributed by atoms with E-state index in [-0.39, 0.29) is 30.4 Å². The minimum Gasteiger partial charge on any atom is -0.301 e. The summed E-state index contributed by atoms with van der Waals surface area (Å²) in [5.74, 6) is -0.525. The minimum absolute atomic E-state index is 0.121. The third kappa shape index (κ3) is 5.46. The highest BCUT2D eigenvalue weighted by atomic mass is 32.2. The first-order valence-corrected chi connectivity index (χ1v) is 13.6. The first-order valence-electron chi connectivity index (χ1n) is 11.3. The first kappa shape index (κ1) is 24.7. The van der Waals surface area contributed by atoms with Crippen LogP contribution in [0, 0.1) is 12.7 Å². The number of aryl methyl sites for hydroxylation is 1. The summed E-state index contributed by atoms with van der Waals surface area (Å²) in [6.45, 7) is 7.12. The molecule has 0 radical (unpaired) electrons. The Morgan fingerprint density at radius 3 is 2.65 bits per heavy atom. The highest BCUT2D eigenvalue weighted by molar-refractivity contribution is 7.89. The fourth-order valence-corrected chi connectivity index (χ4v) is 7.33. The number of sulfonamides is 1. The third-order valence-corrected chi connectivity index (χ3v) is 9.01. The Balaban J connectivity index is 1.37. The number of nitrogens with zero attached hydrogens (tertiary/aromatic N) is 3. The smallest absolute Gasteiger partial charge is 0.243 e. The Hall–Kier alpha value is -2.40. The van der Waals surface area contributed by atoms with Gasteiger partial charge in [0.1, 0.15) is 5.82 Å². The van der Waals surface area contributed by atoms with Gasteiger partial charge in [-0.2, -0.15) is 4.31 Å². The zero-order valence-corrected chi connectivity index (χ0v) is 21.1. The molecule has 2 heterocycles. The fourth-order valence-electron chi connectivity index (χ4n) is 4.44. The molecule has 1 N–H and O–H groups in total. The largest absolute Gasteiger partial charge is 0.301 e. The van der Waals surface area contributed by atoms with Crippen molar-refractivity contribution in [3.05, 3.63) is 53.8 Å². The van der Waals surface area contributed by atoms with Crippen molar-refractivity contribution in [3.8, 4) is 0 Å². The number of anilines is 1. The predicted octanol–water partition coefficient (Wildman–Crippen LogP) is 4.25. The van der Waals surface area contributed by atoms with Gasteiger partial charge in [-0.25, -0.2) is 17.8 Å². The highest BCUT2D eigenvalue weighted by Gasteiger charge is 2.36. The van der Waals surface area contributed by atoms with E-state index in [9.17, 15) is 17.6 Å². The SMILES string of the molecule is Cc1cccc(S(=O)(=O)N(C(C)C)C2CCN(CC(=O)Nc3nc4ccc(F)cc4s3)CC2)c1. The average Bonchev–Trinajstić information content (AvgIpc) is 3.15. The molecule has 7 nitrogen and oxygen atoms in total. The summed E-state index contributed by atoms with van der Waals surface area (Å²) in [4.78, 5) is 19.2. The Bertz CT molecular complexity index is 1280. The zero-order valence-electron chi connectivity index (χ0n) is 19.5. The number of hydrogen-bond donors (Lipinski definition) is 1. The van der Waals surface area contributed by atoms with Crippen molar-refractivity contribution in [2.75, 3.05) is 25.0 Å². The first-order chi connectivity index (χ1) is 16.1. The number of aromatic nitrogens is 1. The van der Waals surface area contributed by atoms with Crippen LogP contribution in [-0.4, -0.2) is 60.2 Å². The van der Waals surface area contributed by atoms with E-state index in [0.717, 1.165) is 5.56 Å². The van der Waals surface area contributed by atoms with Crippen molar-refractivity contribution < 1.29 is 17.6 Å². The number of piperidine rings is 1. The van der Waals surface area contributed by atoms with Crippen LogP contribution >= 0.6 is 11.3 Å². The van der Waals surface area contributed by atoms with Gasteiger partial charge in [-0.05, 0) is 69.5 Å². The van der Waals surface area contributed by atoms with Crippen LogP contribution in [0.3, 0.4) is 0 Å². The summed E-state index contributed by atoms with van der Waals surface area (Å²) < 4.78 is 42.5. The van der Waals surface area contributed by atoms with E-state index >= 15 is 0 Å². The average molecular weight is 505 g/mol. The van der Waals surface area contributed by atoms with Crippen LogP contribution < -0.4 is 5.32 Å². The van der Waals surface area contributed by atoms with Crippen LogP contribution in [0.1, 0.15) is 32.3 Å². The number of carbonyl (C=O) groups excluding carboxylic acids is 1. The standard InChI is InChI=1S/C24H29FN4O3S2/c1-16(2)29(34(31,32)20-6-4-5-17(3)13-20)19-9-11-28(12-10-19)15-23(30)27-24-26-21-8-7-18(25)14-22(21)33-24/h4-8,13-14,16,19H,9-12,15H2,1-3H3,(H,26,27,30). The number of hydrogen-bond acceptors (Lipinski definition) is 6. The van der Waals surface area contributed by atoms with Crippen LogP contribution in [0.5, 0.6) is 0 Å². The van der Waals surface area contributed by atoms with Gasteiger partial charge >= 0.3 is 0 Å². The number of benzene rings is 2. The van der Waals surface area contributed by atoms with Gasteiger partial charge in [0, 0.05) is 25.2 Å². The maximum atomic E-state index is 13.4.